The smallest absolute Gasteiger partial charge is 0.147 e. The van der Waals surface area contributed by atoms with E-state index in [-0.39, 0.29) is 0 Å². The molecule has 10 aromatic rings. The lowest BCUT2D eigenvalue weighted by atomic mass is 10.0. The summed E-state index contributed by atoms with van der Waals surface area (Å²) in [6.45, 7) is 0. The van der Waals surface area contributed by atoms with Crippen LogP contribution in [-0.2, 0) is 0 Å². The van der Waals surface area contributed by atoms with E-state index in [1.54, 1.807) is 0 Å². The molecule has 0 saturated heterocycles. The van der Waals surface area contributed by atoms with Crippen LogP contribution in [-0.4, -0.2) is 4.57 Å². The second-order valence-corrected chi connectivity index (χ2v) is 12.9. The summed E-state index contributed by atoms with van der Waals surface area (Å²) in [5.41, 5.74) is 13.0. The molecule has 0 saturated carbocycles. The monoisotopic (exact) mass is 652 g/mol. The third-order valence-corrected chi connectivity index (χ3v) is 9.98. The van der Waals surface area contributed by atoms with E-state index in [9.17, 15) is 0 Å². The largest absolute Gasteiger partial charge is 0.455 e. The fourth-order valence-corrected chi connectivity index (χ4v) is 7.64. The third-order valence-electron chi connectivity index (χ3n) is 9.98. The molecule has 8 aromatic carbocycles. The van der Waals surface area contributed by atoms with E-state index in [1.807, 2.05) is 0 Å². The number of benzene rings is 8. The van der Waals surface area contributed by atoms with Gasteiger partial charge >= 0.3 is 0 Å². The Kier molecular flexibility index (Phi) is 6.81. The second-order valence-electron chi connectivity index (χ2n) is 12.9. The Bertz CT molecular complexity index is 2730. The molecule has 3 heteroatoms. The Morgan fingerprint density at radius 2 is 0.882 bits per heavy atom. The molecule has 10 rings (SSSR count). The van der Waals surface area contributed by atoms with E-state index in [0.717, 1.165) is 66.5 Å². The number of fused-ring (bicyclic) bond motifs is 7. The van der Waals surface area contributed by atoms with Gasteiger partial charge in [0.1, 0.15) is 11.2 Å². The lowest BCUT2D eigenvalue weighted by Gasteiger charge is -2.27. The molecule has 0 bridgehead atoms. The van der Waals surface area contributed by atoms with E-state index >= 15 is 0 Å². The van der Waals surface area contributed by atoms with Crippen molar-refractivity contribution < 1.29 is 4.42 Å². The van der Waals surface area contributed by atoms with Gasteiger partial charge < -0.3 is 13.9 Å². The summed E-state index contributed by atoms with van der Waals surface area (Å²) in [6.07, 6.45) is 0. The number of nitrogens with zero attached hydrogens (tertiary/aromatic N) is 2. The minimum absolute atomic E-state index is 0.872. The average molecular weight is 653 g/mol. The number of aromatic nitrogens is 1. The van der Waals surface area contributed by atoms with Gasteiger partial charge in [-0.15, -0.1) is 0 Å². The molecule has 240 valence electrons. The Morgan fingerprint density at radius 3 is 1.49 bits per heavy atom. The first-order valence-electron chi connectivity index (χ1n) is 17.4. The first-order valence-corrected chi connectivity index (χ1v) is 17.4. The number of para-hydroxylation sites is 3. The molecule has 0 N–H and O–H groups in total. The SMILES string of the molecule is c1ccc(-c2ccc(N(c3ccc(-c4ccccc4)cc3)c3cc4c(c5ccccc5n4-c4ccccc4)c4oc5ccccc5c34)cc2)cc1. The summed E-state index contributed by atoms with van der Waals surface area (Å²) in [5.74, 6) is 0. The predicted molar refractivity (Wildman–Crippen MR) is 214 cm³/mol. The van der Waals surface area contributed by atoms with Gasteiger partial charge in [0.05, 0.1) is 27.5 Å². The molecule has 0 aliphatic carbocycles. The van der Waals surface area contributed by atoms with Crippen LogP contribution in [0.3, 0.4) is 0 Å². The molecule has 0 fully saturated rings. The number of furan rings is 1. The number of hydrogen-bond donors (Lipinski definition) is 0. The van der Waals surface area contributed by atoms with E-state index in [1.165, 1.54) is 22.3 Å². The van der Waals surface area contributed by atoms with E-state index in [0.29, 0.717) is 0 Å². The Labute approximate surface area is 295 Å². The first kappa shape index (κ1) is 29.1. The van der Waals surface area contributed by atoms with Crippen molar-refractivity contribution in [3.05, 3.63) is 194 Å². The van der Waals surface area contributed by atoms with Crippen LogP contribution in [0.25, 0.3) is 71.7 Å². The molecule has 0 atom stereocenters. The van der Waals surface area contributed by atoms with Crippen LogP contribution < -0.4 is 4.90 Å². The Morgan fingerprint density at radius 1 is 0.392 bits per heavy atom. The van der Waals surface area contributed by atoms with Gasteiger partial charge in [0.25, 0.3) is 0 Å². The summed E-state index contributed by atoms with van der Waals surface area (Å²) in [4.78, 5) is 2.39. The van der Waals surface area contributed by atoms with Crippen LogP contribution in [0.1, 0.15) is 0 Å². The molecule has 2 aromatic heterocycles. The van der Waals surface area contributed by atoms with Crippen molar-refractivity contribution >= 4 is 60.8 Å². The molecule has 0 unspecified atom stereocenters. The zero-order valence-electron chi connectivity index (χ0n) is 27.8. The summed E-state index contributed by atoms with van der Waals surface area (Å²) in [6, 6.07) is 69.0. The summed E-state index contributed by atoms with van der Waals surface area (Å²) in [5, 5.41) is 4.46. The van der Waals surface area contributed by atoms with E-state index in [2.05, 4.69) is 204 Å². The molecular formula is C48H32N2O. The van der Waals surface area contributed by atoms with Crippen molar-refractivity contribution in [3.8, 4) is 27.9 Å². The highest BCUT2D eigenvalue weighted by Crippen LogP contribution is 2.49. The fourth-order valence-electron chi connectivity index (χ4n) is 7.64. The van der Waals surface area contributed by atoms with Crippen LogP contribution in [0.5, 0.6) is 0 Å². The quantitative estimate of drug-likeness (QED) is 0.178. The molecule has 2 heterocycles. The number of anilines is 3. The Balaban J connectivity index is 1.29. The van der Waals surface area contributed by atoms with Gasteiger partial charge in [-0.25, -0.2) is 0 Å². The molecule has 0 aliphatic heterocycles. The minimum Gasteiger partial charge on any atom is -0.455 e. The highest BCUT2D eigenvalue weighted by Gasteiger charge is 2.25. The van der Waals surface area contributed by atoms with Crippen molar-refractivity contribution in [2.24, 2.45) is 0 Å². The lowest BCUT2D eigenvalue weighted by molar-refractivity contribution is 0.673. The van der Waals surface area contributed by atoms with Gasteiger partial charge in [0.15, 0.2) is 0 Å². The third kappa shape index (κ3) is 4.82. The summed E-state index contributed by atoms with van der Waals surface area (Å²) in [7, 11) is 0. The maximum absolute atomic E-state index is 6.90. The lowest BCUT2D eigenvalue weighted by Crippen LogP contribution is -2.10. The highest BCUT2D eigenvalue weighted by molar-refractivity contribution is 6.28. The molecule has 51 heavy (non-hydrogen) atoms. The zero-order valence-corrected chi connectivity index (χ0v) is 27.8. The Hall–Kier alpha value is -6.84. The van der Waals surface area contributed by atoms with Gasteiger partial charge in [-0.3, -0.25) is 0 Å². The van der Waals surface area contributed by atoms with Crippen LogP contribution in [0, 0.1) is 0 Å². The number of hydrogen-bond acceptors (Lipinski definition) is 2. The molecule has 3 nitrogen and oxygen atoms in total. The zero-order chi connectivity index (χ0) is 33.7. The molecular weight excluding hydrogens is 621 g/mol. The van der Waals surface area contributed by atoms with Gasteiger partial charge in [0.2, 0.25) is 0 Å². The van der Waals surface area contributed by atoms with Crippen molar-refractivity contribution in [3.63, 3.8) is 0 Å². The predicted octanol–water partition coefficient (Wildman–Crippen LogP) is 13.5. The van der Waals surface area contributed by atoms with Gasteiger partial charge in [-0.1, -0.05) is 140 Å². The maximum atomic E-state index is 6.90. The number of rotatable bonds is 6. The molecule has 0 spiro atoms. The fraction of sp³-hybridized carbons (Fsp3) is 0. The van der Waals surface area contributed by atoms with Crippen molar-refractivity contribution in [2.75, 3.05) is 4.90 Å². The van der Waals surface area contributed by atoms with Gasteiger partial charge in [-0.2, -0.15) is 0 Å². The molecule has 0 amide bonds. The average Bonchev–Trinajstić information content (AvgIpc) is 3.76. The van der Waals surface area contributed by atoms with Gasteiger partial charge in [0, 0.05) is 27.8 Å². The van der Waals surface area contributed by atoms with Crippen molar-refractivity contribution in [2.45, 2.75) is 0 Å². The van der Waals surface area contributed by atoms with E-state index in [4.69, 9.17) is 4.42 Å². The highest BCUT2D eigenvalue weighted by atomic mass is 16.3. The second kappa shape index (κ2) is 11.9. The van der Waals surface area contributed by atoms with Crippen LogP contribution in [0.15, 0.2) is 199 Å². The summed E-state index contributed by atoms with van der Waals surface area (Å²) >= 11 is 0. The van der Waals surface area contributed by atoms with E-state index < -0.39 is 0 Å². The van der Waals surface area contributed by atoms with Crippen molar-refractivity contribution in [1.29, 1.82) is 0 Å². The van der Waals surface area contributed by atoms with Gasteiger partial charge in [-0.05, 0) is 76.9 Å². The standard InChI is InChI=1S/C48H32N2O/c1-4-14-33(15-5-1)35-24-28-38(29-25-35)49(39-30-26-36(27-31-39)34-16-6-2-7-17-34)43-32-44-46(48-47(43)41-21-11-13-23-45(41)51-48)40-20-10-12-22-42(40)50(44)37-18-8-3-9-19-37/h1-32H. The van der Waals surface area contributed by atoms with Crippen LogP contribution >= 0.6 is 0 Å². The maximum Gasteiger partial charge on any atom is 0.147 e. The molecule has 0 aliphatic rings. The first-order chi connectivity index (χ1) is 25.3. The normalized spacial score (nSPS) is 11.5. The minimum atomic E-state index is 0.872. The van der Waals surface area contributed by atoms with Crippen LogP contribution in [0.4, 0.5) is 17.1 Å². The van der Waals surface area contributed by atoms with Crippen molar-refractivity contribution in [1.82, 2.24) is 4.57 Å². The summed E-state index contributed by atoms with van der Waals surface area (Å²) < 4.78 is 9.27. The van der Waals surface area contributed by atoms with Crippen LogP contribution in [0.2, 0.25) is 0 Å². The topological polar surface area (TPSA) is 21.3 Å². The molecule has 0 radical (unpaired) electrons.